The van der Waals surface area contributed by atoms with E-state index in [4.69, 9.17) is 0 Å². The second-order valence-corrected chi connectivity index (χ2v) is 5.72. The van der Waals surface area contributed by atoms with E-state index in [0.717, 1.165) is 12.3 Å². The Labute approximate surface area is 101 Å². The van der Waals surface area contributed by atoms with Crippen LogP contribution in [0.2, 0.25) is 0 Å². The summed E-state index contributed by atoms with van der Waals surface area (Å²) in [7, 11) is 0. The van der Waals surface area contributed by atoms with Crippen LogP contribution in [0.15, 0.2) is 0 Å². The van der Waals surface area contributed by atoms with Gasteiger partial charge in [-0.3, -0.25) is 0 Å². The monoisotopic (exact) mass is 227 g/mol. The largest absolute Gasteiger partial charge is 0.396 e. The second-order valence-electron chi connectivity index (χ2n) is 5.72. The molecule has 0 spiro atoms. The van der Waals surface area contributed by atoms with Crippen molar-refractivity contribution >= 4 is 0 Å². The molecule has 1 aliphatic carbocycles. The van der Waals surface area contributed by atoms with Crippen molar-refractivity contribution in [3.63, 3.8) is 0 Å². The molecule has 0 aromatic heterocycles. The van der Waals surface area contributed by atoms with Crippen molar-refractivity contribution in [3.8, 4) is 0 Å². The minimum Gasteiger partial charge on any atom is -0.396 e. The molecular weight excluding hydrogens is 198 g/mol. The lowest BCUT2D eigenvalue weighted by molar-refractivity contribution is 0.189. The third kappa shape index (κ3) is 4.42. The van der Waals surface area contributed by atoms with Gasteiger partial charge >= 0.3 is 0 Å². The number of hydrogen-bond donors (Lipinski definition) is 2. The summed E-state index contributed by atoms with van der Waals surface area (Å²) in [5, 5.41) is 12.9. The van der Waals surface area contributed by atoms with Crippen LogP contribution in [-0.4, -0.2) is 23.8 Å². The predicted octanol–water partition coefficient (Wildman–Crippen LogP) is 2.95. The Morgan fingerprint density at radius 2 is 1.75 bits per heavy atom. The standard InChI is InChI=1S/C14H29NO/c1-11(2)12(3)15-14(9-10-16)13-7-5-4-6-8-13/h11-16H,4-10H2,1-3H3. The molecule has 0 amide bonds. The van der Waals surface area contributed by atoms with Gasteiger partial charge in [0, 0.05) is 18.7 Å². The van der Waals surface area contributed by atoms with Crippen molar-refractivity contribution in [2.75, 3.05) is 6.61 Å². The normalized spacial score (nSPS) is 22.3. The molecule has 0 heterocycles. The molecule has 2 heteroatoms. The highest BCUT2D eigenvalue weighted by Crippen LogP contribution is 2.28. The molecule has 2 atom stereocenters. The first-order chi connectivity index (χ1) is 7.65. The number of hydrogen-bond acceptors (Lipinski definition) is 2. The molecule has 0 bridgehead atoms. The average Bonchev–Trinajstić information content (AvgIpc) is 2.29. The van der Waals surface area contributed by atoms with Gasteiger partial charge in [0.15, 0.2) is 0 Å². The van der Waals surface area contributed by atoms with E-state index >= 15 is 0 Å². The summed E-state index contributed by atoms with van der Waals surface area (Å²) < 4.78 is 0. The molecule has 1 rings (SSSR count). The van der Waals surface area contributed by atoms with Crippen molar-refractivity contribution in [1.29, 1.82) is 0 Å². The van der Waals surface area contributed by atoms with E-state index in [2.05, 4.69) is 26.1 Å². The number of nitrogens with one attached hydrogen (secondary N) is 1. The van der Waals surface area contributed by atoms with E-state index in [1.165, 1.54) is 32.1 Å². The van der Waals surface area contributed by atoms with Crippen LogP contribution in [0.1, 0.15) is 59.3 Å². The summed E-state index contributed by atoms with van der Waals surface area (Å²) >= 11 is 0. The Kier molecular flexibility index (Phi) is 6.37. The van der Waals surface area contributed by atoms with Crippen molar-refractivity contribution in [3.05, 3.63) is 0 Å². The minimum atomic E-state index is 0.318. The van der Waals surface area contributed by atoms with Crippen LogP contribution < -0.4 is 5.32 Å². The van der Waals surface area contributed by atoms with Crippen LogP contribution >= 0.6 is 0 Å². The second kappa shape index (κ2) is 7.29. The minimum absolute atomic E-state index is 0.318. The van der Waals surface area contributed by atoms with Crippen LogP contribution in [0.4, 0.5) is 0 Å². The van der Waals surface area contributed by atoms with Crippen LogP contribution in [0.3, 0.4) is 0 Å². The summed E-state index contributed by atoms with van der Waals surface area (Å²) in [4.78, 5) is 0. The van der Waals surface area contributed by atoms with Gasteiger partial charge in [0.05, 0.1) is 0 Å². The summed E-state index contributed by atoms with van der Waals surface area (Å²) in [5.41, 5.74) is 0. The van der Waals surface area contributed by atoms with E-state index in [1.807, 2.05) is 0 Å². The molecule has 1 aliphatic rings. The number of rotatable bonds is 6. The lowest BCUT2D eigenvalue weighted by Crippen LogP contribution is -2.44. The maximum absolute atomic E-state index is 9.18. The quantitative estimate of drug-likeness (QED) is 0.731. The van der Waals surface area contributed by atoms with Gasteiger partial charge in [0.2, 0.25) is 0 Å². The van der Waals surface area contributed by atoms with Crippen LogP contribution in [0, 0.1) is 11.8 Å². The van der Waals surface area contributed by atoms with Gasteiger partial charge in [-0.2, -0.15) is 0 Å². The molecule has 96 valence electrons. The molecule has 2 N–H and O–H groups in total. The third-order valence-corrected chi connectivity index (χ3v) is 4.14. The van der Waals surface area contributed by atoms with Gasteiger partial charge in [-0.25, -0.2) is 0 Å². The molecule has 1 saturated carbocycles. The maximum Gasteiger partial charge on any atom is 0.0445 e. The zero-order chi connectivity index (χ0) is 12.0. The fourth-order valence-electron chi connectivity index (χ4n) is 2.66. The zero-order valence-electron chi connectivity index (χ0n) is 11.2. The Balaban J connectivity index is 2.44. The Hall–Kier alpha value is -0.0800. The molecule has 1 fully saturated rings. The van der Waals surface area contributed by atoms with Gasteiger partial charge in [0.1, 0.15) is 0 Å². The first-order valence-electron chi connectivity index (χ1n) is 7.02. The highest BCUT2D eigenvalue weighted by Gasteiger charge is 2.24. The molecule has 2 unspecified atom stereocenters. The van der Waals surface area contributed by atoms with Gasteiger partial charge < -0.3 is 10.4 Å². The van der Waals surface area contributed by atoms with Crippen molar-refractivity contribution in [2.24, 2.45) is 11.8 Å². The number of aliphatic hydroxyl groups excluding tert-OH is 1. The molecule has 0 aliphatic heterocycles. The topological polar surface area (TPSA) is 32.3 Å². The van der Waals surface area contributed by atoms with Gasteiger partial charge in [-0.15, -0.1) is 0 Å². The summed E-state index contributed by atoms with van der Waals surface area (Å²) in [6.45, 7) is 7.10. The van der Waals surface area contributed by atoms with E-state index < -0.39 is 0 Å². The number of aliphatic hydroxyl groups is 1. The van der Waals surface area contributed by atoms with Crippen molar-refractivity contribution in [1.82, 2.24) is 5.32 Å². The van der Waals surface area contributed by atoms with Gasteiger partial charge in [-0.05, 0) is 38.0 Å². The fourth-order valence-corrected chi connectivity index (χ4v) is 2.66. The Bertz CT molecular complexity index is 176. The molecule has 2 nitrogen and oxygen atoms in total. The maximum atomic E-state index is 9.18. The van der Waals surface area contributed by atoms with Crippen molar-refractivity contribution in [2.45, 2.75) is 71.4 Å². The van der Waals surface area contributed by atoms with Gasteiger partial charge in [0.25, 0.3) is 0 Å². The SMILES string of the molecule is CC(C)C(C)NC(CCO)C1CCCCC1. The third-order valence-electron chi connectivity index (χ3n) is 4.14. The van der Waals surface area contributed by atoms with E-state index in [0.29, 0.717) is 24.6 Å². The first kappa shape index (κ1) is 14.0. The molecule has 16 heavy (non-hydrogen) atoms. The molecule has 0 radical (unpaired) electrons. The molecule has 0 aromatic rings. The van der Waals surface area contributed by atoms with Crippen LogP contribution in [0.5, 0.6) is 0 Å². The smallest absolute Gasteiger partial charge is 0.0445 e. The molecular formula is C14H29NO. The zero-order valence-corrected chi connectivity index (χ0v) is 11.2. The van der Waals surface area contributed by atoms with E-state index in [9.17, 15) is 5.11 Å². The average molecular weight is 227 g/mol. The van der Waals surface area contributed by atoms with E-state index in [1.54, 1.807) is 0 Å². The highest BCUT2D eigenvalue weighted by molar-refractivity contribution is 4.82. The summed E-state index contributed by atoms with van der Waals surface area (Å²) in [5.74, 6) is 1.46. The van der Waals surface area contributed by atoms with Crippen molar-refractivity contribution < 1.29 is 5.11 Å². The lowest BCUT2D eigenvalue weighted by Gasteiger charge is -2.34. The predicted molar refractivity (Wildman–Crippen MR) is 69.5 cm³/mol. The molecule has 0 aromatic carbocycles. The van der Waals surface area contributed by atoms with Gasteiger partial charge in [-0.1, -0.05) is 33.1 Å². The molecule has 0 saturated heterocycles. The Morgan fingerprint density at radius 1 is 1.12 bits per heavy atom. The lowest BCUT2D eigenvalue weighted by atomic mass is 9.82. The van der Waals surface area contributed by atoms with E-state index in [-0.39, 0.29) is 0 Å². The summed E-state index contributed by atoms with van der Waals surface area (Å²) in [6.07, 6.45) is 7.78. The summed E-state index contributed by atoms with van der Waals surface area (Å²) in [6, 6.07) is 1.08. The Morgan fingerprint density at radius 3 is 2.25 bits per heavy atom. The fraction of sp³-hybridized carbons (Fsp3) is 1.00. The highest BCUT2D eigenvalue weighted by atomic mass is 16.3. The van der Waals surface area contributed by atoms with Crippen LogP contribution in [0.25, 0.3) is 0 Å². The first-order valence-corrected chi connectivity index (χ1v) is 7.02. The van der Waals surface area contributed by atoms with Crippen LogP contribution in [-0.2, 0) is 0 Å².